The van der Waals surface area contributed by atoms with Crippen LogP contribution >= 0.6 is 11.6 Å². The molecule has 0 aromatic heterocycles. The summed E-state index contributed by atoms with van der Waals surface area (Å²) in [6, 6.07) is 14.6. The van der Waals surface area contributed by atoms with Crippen LogP contribution in [0.1, 0.15) is 23.6 Å². The number of benzene rings is 2. The van der Waals surface area contributed by atoms with Crippen LogP contribution in [0, 0.1) is 11.7 Å². The Labute approximate surface area is 147 Å². The molecule has 1 aliphatic rings. The first kappa shape index (κ1) is 17.2. The van der Waals surface area contributed by atoms with Crippen LogP contribution in [0.3, 0.4) is 0 Å². The van der Waals surface area contributed by atoms with E-state index in [2.05, 4.69) is 17.5 Å². The van der Waals surface area contributed by atoms with Crippen LogP contribution in [-0.2, 0) is 6.42 Å². The van der Waals surface area contributed by atoms with Crippen molar-refractivity contribution in [1.82, 2.24) is 5.32 Å². The molecule has 2 nitrogen and oxygen atoms in total. The van der Waals surface area contributed by atoms with E-state index >= 15 is 0 Å². The quantitative estimate of drug-likeness (QED) is 0.765. The Hall–Kier alpha value is -1.68. The fourth-order valence-corrected chi connectivity index (χ4v) is 3.43. The monoisotopic (exact) mass is 345 g/mol. The molecule has 1 aliphatic carbocycles. The molecule has 0 aliphatic heterocycles. The van der Waals surface area contributed by atoms with Gasteiger partial charge in [0.15, 0.2) is 0 Å². The fraction of sp³-hybridized carbons (Fsp3) is 0.300. The molecule has 0 amide bonds. The standard InChI is InChI=1S/C20H21ClFNO/c21-19-4-2-1-3-18(19)20(12-14-5-8-16(22)9-6-14)23-17-10-7-15(11-17)13-24/h1-10,15,17,20,23-24H,11-13H2/t15-,17+,20+/m0/s1. The third kappa shape index (κ3) is 4.23. The van der Waals surface area contributed by atoms with Crippen LogP contribution in [0.15, 0.2) is 60.7 Å². The van der Waals surface area contributed by atoms with Gasteiger partial charge in [0.1, 0.15) is 5.82 Å². The van der Waals surface area contributed by atoms with Crippen LogP contribution in [0.2, 0.25) is 5.02 Å². The number of halogens is 2. The second-order valence-corrected chi connectivity index (χ2v) is 6.65. The number of hydrogen-bond donors (Lipinski definition) is 2. The summed E-state index contributed by atoms with van der Waals surface area (Å²) in [5, 5.41) is 13.6. The minimum atomic E-state index is -0.231. The zero-order valence-corrected chi connectivity index (χ0v) is 14.1. The lowest BCUT2D eigenvalue weighted by molar-refractivity contribution is 0.244. The average Bonchev–Trinajstić information content (AvgIpc) is 3.04. The smallest absolute Gasteiger partial charge is 0.123 e. The van der Waals surface area contributed by atoms with Crippen LogP contribution in [0.4, 0.5) is 4.39 Å². The molecule has 0 bridgehead atoms. The van der Waals surface area contributed by atoms with Gasteiger partial charge < -0.3 is 10.4 Å². The molecule has 2 N–H and O–H groups in total. The molecule has 0 fully saturated rings. The van der Waals surface area contributed by atoms with Crippen molar-refractivity contribution < 1.29 is 9.50 Å². The summed E-state index contributed by atoms with van der Waals surface area (Å²) in [6.07, 6.45) is 5.76. The molecule has 0 unspecified atom stereocenters. The van der Waals surface area contributed by atoms with Gasteiger partial charge in [0, 0.05) is 29.6 Å². The highest BCUT2D eigenvalue weighted by molar-refractivity contribution is 6.31. The summed E-state index contributed by atoms with van der Waals surface area (Å²) in [7, 11) is 0. The van der Waals surface area contributed by atoms with Crippen molar-refractivity contribution in [1.29, 1.82) is 0 Å². The molecule has 0 saturated carbocycles. The van der Waals surface area contributed by atoms with Crippen molar-refractivity contribution in [3.05, 3.63) is 82.6 Å². The summed E-state index contributed by atoms with van der Waals surface area (Å²) in [5.41, 5.74) is 2.08. The lowest BCUT2D eigenvalue weighted by Crippen LogP contribution is -2.32. The second kappa shape index (κ2) is 7.93. The highest BCUT2D eigenvalue weighted by Crippen LogP contribution is 2.28. The molecule has 4 heteroatoms. The third-order valence-corrected chi connectivity index (χ3v) is 4.80. The maximum atomic E-state index is 13.2. The molecule has 3 atom stereocenters. The van der Waals surface area contributed by atoms with Gasteiger partial charge in [-0.05, 0) is 42.2 Å². The van der Waals surface area contributed by atoms with E-state index in [1.165, 1.54) is 12.1 Å². The first-order valence-electron chi connectivity index (χ1n) is 8.20. The predicted octanol–water partition coefficient (Wildman–Crippen LogP) is 4.29. The van der Waals surface area contributed by atoms with Gasteiger partial charge in [-0.3, -0.25) is 0 Å². The van der Waals surface area contributed by atoms with E-state index in [1.807, 2.05) is 36.4 Å². The maximum Gasteiger partial charge on any atom is 0.123 e. The normalized spacial score (nSPS) is 21.1. The summed E-state index contributed by atoms with van der Waals surface area (Å²) in [5.74, 6) is -0.0225. The topological polar surface area (TPSA) is 32.3 Å². The molecule has 0 heterocycles. The van der Waals surface area contributed by atoms with E-state index in [0.29, 0.717) is 0 Å². The Morgan fingerprint density at radius 3 is 2.54 bits per heavy atom. The molecule has 2 aromatic carbocycles. The van der Waals surface area contributed by atoms with Gasteiger partial charge in [0.25, 0.3) is 0 Å². The van der Waals surface area contributed by atoms with Crippen molar-refractivity contribution in [2.75, 3.05) is 6.61 Å². The van der Waals surface area contributed by atoms with Crippen LogP contribution in [-0.4, -0.2) is 17.8 Å². The van der Waals surface area contributed by atoms with Crippen LogP contribution in [0.25, 0.3) is 0 Å². The lowest BCUT2D eigenvalue weighted by atomic mass is 9.97. The summed E-state index contributed by atoms with van der Waals surface area (Å²) < 4.78 is 13.2. The van der Waals surface area contributed by atoms with E-state index in [1.54, 1.807) is 0 Å². The van der Waals surface area contributed by atoms with E-state index in [4.69, 9.17) is 11.6 Å². The van der Waals surface area contributed by atoms with E-state index in [9.17, 15) is 9.50 Å². The number of nitrogens with one attached hydrogen (secondary N) is 1. The summed E-state index contributed by atoms with van der Waals surface area (Å²) in [6.45, 7) is 0.170. The number of aliphatic hydroxyl groups excluding tert-OH is 1. The highest BCUT2D eigenvalue weighted by atomic mass is 35.5. The van der Waals surface area contributed by atoms with Gasteiger partial charge in [-0.2, -0.15) is 0 Å². The van der Waals surface area contributed by atoms with Gasteiger partial charge in [-0.1, -0.05) is 54.1 Å². The Morgan fingerprint density at radius 2 is 1.88 bits per heavy atom. The predicted molar refractivity (Wildman–Crippen MR) is 95.6 cm³/mol. The largest absolute Gasteiger partial charge is 0.396 e. The molecule has 0 saturated heterocycles. The second-order valence-electron chi connectivity index (χ2n) is 6.24. The highest BCUT2D eigenvalue weighted by Gasteiger charge is 2.23. The summed E-state index contributed by atoms with van der Waals surface area (Å²) >= 11 is 6.39. The molecule has 0 spiro atoms. The van der Waals surface area contributed by atoms with Gasteiger partial charge in [0.05, 0.1) is 0 Å². The zero-order chi connectivity index (χ0) is 16.9. The third-order valence-electron chi connectivity index (χ3n) is 4.46. The van der Waals surface area contributed by atoms with Crippen LogP contribution < -0.4 is 5.32 Å². The van der Waals surface area contributed by atoms with Gasteiger partial charge in [0.2, 0.25) is 0 Å². The van der Waals surface area contributed by atoms with Crippen molar-refractivity contribution in [3.63, 3.8) is 0 Å². The SMILES string of the molecule is OC[C@H]1C=C[C@@H](N[C@H](Cc2ccc(F)cc2)c2ccccc2Cl)C1. The van der Waals surface area contributed by atoms with Crippen molar-refractivity contribution >= 4 is 11.6 Å². The Morgan fingerprint density at radius 1 is 1.12 bits per heavy atom. The molecule has 126 valence electrons. The summed E-state index contributed by atoms with van der Waals surface area (Å²) in [4.78, 5) is 0. The van der Waals surface area contributed by atoms with Gasteiger partial charge >= 0.3 is 0 Å². The molecule has 0 radical (unpaired) electrons. The molecular weight excluding hydrogens is 325 g/mol. The maximum absolute atomic E-state index is 13.2. The van der Waals surface area contributed by atoms with E-state index < -0.39 is 0 Å². The Bertz CT molecular complexity index is 701. The number of hydrogen-bond acceptors (Lipinski definition) is 2. The first-order valence-corrected chi connectivity index (χ1v) is 8.57. The lowest BCUT2D eigenvalue weighted by Gasteiger charge is -2.24. The minimum absolute atomic E-state index is 0.0243. The van der Waals surface area contributed by atoms with Gasteiger partial charge in [-0.15, -0.1) is 0 Å². The zero-order valence-electron chi connectivity index (χ0n) is 13.3. The Balaban J connectivity index is 1.80. The van der Waals surface area contributed by atoms with E-state index in [0.717, 1.165) is 29.0 Å². The van der Waals surface area contributed by atoms with Crippen molar-refractivity contribution in [2.24, 2.45) is 5.92 Å². The Kier molecular flexibility index (Phi) is 5.67. The fourth-order valence-electron chi connectivity index (χ4n) is 3.16. The van der Waals surface area contributed by atoms with Gasteiger partial charge in [-0.25, -0.2) is 4.39 Å². The number of aliphatic hydroxyl groups is 1. The minimum Gasteiger partial charge on any atom is -0.396 e. The average molecular weight is 346 g/mol. The molecule has 24 heavy (non-hydrogen) atoms. The molecular formula is C20H21ClFNO. The molecule has 2 aromatic rings. The first-order chi connectivity index (χ1) is 11.7. The van der Waals surface area contributed by atoms with Crippen molar-refractivity contribution in [3.8, 4) is 0 Å². The van der Waals surface area contributed by atoms with E-state index in [-0.39, 0.29) is 30.4 Å². The van der Waals surface area contributed by atoms with Crippen molar-refractivity contribution in [2.45, 2.75) is 24.9 Å². The number of rotatable bonds is 6. The molecule has 3 rings (SSSR count). The van der Waals surface area contributed by atoms with Crippen LogP contribution in [0.5, 0.6) is 0 Å².